The molecule has 32 heavy (non-hydrogen) atoms. The maximum absolute atomic E-state index is 12.9. The Labute approximate surface area is 191 Å². The highest BCUT2D eigenvalue weighted by Crippen LogP contribution is 2.25. The van der Waals surface area contributed by atoms with Gasteiger partial charge in [-0.15, -0.1) is 16.9 Å². The van der Waals surface area contributed by atoms with Gasteiger partial charge in [-0.1, -0.05) is 41.5 Å². The zero-order valence-corrected chi connectivity index (χ0v) is 19.0. The third kappa shape index (κ3) is 5.56. The Morgan fingerprint density at radius 2 is 1.81 bits per heavy atom. The van der Waals surface area contributed by atoms with E-state index in [0.717, 1.165) is 10.6 Å². The second kappa shape index (κ2) is 10.3. The topological polar surface area (TPSA) is 105 Å². The largest absolute Gasteiger partial charge is 0.408 e. The van der Waals surface area contributed by atoms with Crippen LogP contribution in [0.5, 0.6) is 0 Å². The molecule has 1 atom stereocenters. The summed E-state index contributed by atoms with van der Waals surface area (Å²) in [5.74, 6) is 0.424. The number of hydrogen-bond donors (Lipinski definition) is 1. The summed E-state index contributed by atoms with van der Waals surface area (Å²) < 4.78 is 32.7. The molecule has 1 fully saturated rings. The fraction of sp³-hybridized carbons (Fsp3) is 0.318. The van der Waals surface area contributed by atoms with Gasteiger partial charge in [-0.3, -0.25) is 10.1 Å². The number of hydrogen-bond acceptors (Lipinski definition) is 7. The van der Waals surface area contributed by atoms with Crippen LogP contribution in [0.25, 0.3) is 0 Å². The predicted octanol–water partition coefficient (Wildman–Crippen LogP) is 3.44. The summed E-state index contributed by atoms with van der Waals surface area (Å²) in [5, 5.41) is 10.5. The van der Waals surface area contributed by atoms with E-state index < -0.39 is 15.9 Å². The van der Waals surface area contributed by atoms with Gasteiger partial charge in [0, 0.05) is 30.2 Å². The molecule has 0 aliphatic carbocycles. The first-order chi connectivity index (χ1) is 15.5. The van der Waals surface area contributed by atoms with Crippen LogP contribution in [0.3, 0.4) is 0 Å². The molecule has 1 saturated heterocycles. The second-order valence-corrected chi connectivity index (χ2v) is 10.5. The molecule has 1 aliphatic heterocycles. The summed E-state index contributed by atoms with van der Waals surface area (Å²) in [6, 6.07) is 18.3. The maximum Gasteiger partial charge on any atom is 0.322 e. The zero-order chi connectivity index (χ0) is 22.4. The van der Waals surface area contributed by atoms with Crippen LogP contribution in [0.4, 0.5) is 6.01 Å². The zero-order valence-electron chi connectivity index (χ0n) is 17.4. The van der Waals surface area contributed by atoms with Gasteiger partial charge in [0.2, 0.25) is 21.8 Å². The van der Waals surface area contributed by atoms with Crippen LogP contribution in [0, 0.1) is 5.92 Å². The van der Waals surface area contributed by atoms with Crippen LogP contribution < -0.4 is 5.32 Å². The number of aryl methyl sites for hydroxylation is 1. The van der Waals surface area contributed by atoms with E-state index in [2.05, 4.69) is 15.5 Å². The lowest BCUT2D eigenvalue weighted by atomic mass is 9.99. The molecule has 2 aromatic carbocycles. The molecule has 168 valence electrons. The lowest BCUT2D eigenvalue weighted by Crippen LogP contribution is -2.43. The molecule has 2 heterocycles. The lowest BCUT2D eigenvalue weighted by Gasteiger charge is -2.30. The fourth-order valence-electron chi connectivity index (χ4n) is 3.50. The van der Waals surface area contributed by atoms with Crippen LogP contribution >= 0.6 is 11.8 Å². The Kier molecular flexibility index (Phi) is 7.23. The minimum absolute atomic E-state index is 0.0396. The van der Waals surface area contributed by atoms with Crippen molar-refractivity contribution in [3.8, 4) is 0 Å². The van der Waals surface area contributed by atoms with Crippen molar-refractivity contribution in [1.29, 1.82) is 0 Å². The number of nitrogens with one attached hydrogen (secondary N) is 1. The summed E-state index contributed by atoms with van der Waals surface area (Å²) in [6.07, 6.45) is 1.78. The summed E-state index contributed by atoms with van der Waals surface area (Å²) in [7, 11) is -3.63. The molecule has 0 spiro atoms. The van der Waals surface area contributed by atoms with Crippen molar-refractivity contribution in [3.05, 3.63) is 66.6 Å². The predicted molar refractivity (Wildman–Crippen MR) is 122 cm³/mol. The van der Waals surface area contributed by atoms with E-state index in [-0.39, 0.29) is 23.4 Å². The first-order valence-electron chi connectivity index (χ1n) is 10.4. The van der Waals surface area contributed by atoms with E-state index in [1.807, 2.05) is 30.3 Å². The smallest absolute Gasteiger partial charge is 0.322 e. The van der Waals surface area contributed by atoms with E-state index in [1.54, 1.807) is 42.1 Å². The fourth-order valence-corrected chi connectivity index (χ4v) is 5.91. The highest BCUT2D eigenvalue weighted by Gasteiger charge is 2.33. The van der Waals surface area contributed by atoms with E-state index in [4.69, 9.17) is 4.42 Å². The second-order valence-electron chi connectivity index (χ2n) is 7.42. The number of piperidine rings is 1. The Bertz CT molecular complexity index is 1140. The van der Waals surface area contributed by atoms with E-state index >= 15 is 0 Å². The van der Waals surface area contributed by atoms with Crippen molar-refractivity contribution in [3.63, 3.8) is 0 Å². The number of aromatic nitrogens is 2. The molecule has 3 aromatic rings. The Balaban J connectivity index is 1.31. The first-order valence-corrected chi connectivity index (χ1v) is 12.8. The summed E-state index contributed by atoms with van der Waals surface area (Å²) in [6.45, 7) is 0.516. The number of rotatable bonds is 8. The normalized spacial score (nSPS) is 17.2. The number of sulfonamides is 1. The quantitative estimate of drug-likeness (QED) is 0.501. The SMILES string of the molecule is O=C(Nc1nnc(CCSc2ccccc2)o1)C1CCCN(S(=O)(=O)c2ccccc2)C1. The van der Waals surface area contributed by atoms with Crippen LogP contribution in [0.2, 0.25) is 0 Å². The summed E-state index contributed by atoms with van der Waals surface area (Å²) in [4.78, 5) is 14.1. The van der Waals surface area contributed by atoms with Crippen LogP contribution in [0.1, 0.15) is 18.7 Å². The van der Waals surface area contributed by atoms with Gasteiger partial charge in [0.15, 0.2) is 0 Å². The minimum atomic E-state index is -3.63. The molecule has 1 unspecified atom stereocenters. The summed E-state index contributed by atoms with van der Waals surface area (Å²) in [5.41, 5.74) is 0. The van der Waals surface area contributed by atoms with E-state index in [0.29, 0.717) is 31.7 Å². The number of anilines is 1. The highest BCUT2D eigenvalue weighted by molar-refractivity contribution is 7.99. The van der Waals surface area contributed by atoms with Gasteiger partial charge in [-0.2, -0.15) is 4.31 Å². The first kappa shape index (κ1) is 22.5. The molecule has 8 nitrogen and oxygen atoms in total. The van der Waals surface area contributed by atoms with Crippen molar-refractivity contribution < 1.29 is 17.6 Å². The average Bonchev–Trinajstić information content (AvgIpc) is 3.27. The summed E-state index contributed by atoms with van der Waals surface area (Å²) >= 11 is 1.68. The van der Waals surface area contributed by atoms with E-state index in [1.165, 1.54) is 4.31 Å². The molecule has 4 rings (SSSR count). The number of nitrogens with zero attached hydrogens (tertiary/aromatic N) is 3. The number of carbonyl (C=O) groups excluding carboxylic acids is 1. The molecule has 0 radical (unpaired) electrons. The molecule has 1 aliphatic rings. The van der Waals surface area contributed by atoms with Gasteiger partial charge in [-0.05, 0) is 37.1 Å². The third-order valence-electron chi connectivity index (χ3n) is 5.16. The molecular weight excluding hydrogens is 448 g/mol. The van der Waals surface area contributed by atoms with Gasteiger partial charge < -0.3 is 4.42 Å². The van der Waals surface area contributed by atoms with Crippen molar-refractivity contribution in [2.45, 2.75) is 29.1 Å². The van der Waals surface area contributed by atoms with Crippen molar-refractivity contribution in [1.82, 2.24) is 14.5 Å². The van der Waals surface area contributed by atoms with Crippen molar-refractivity contribution in [2.75, 3.05) is 24.2 Å². The van der Waals surface area contributed by atoms with Crippen LogP contribution in [0.15, 0.2) is 74.9 Å². The standard InChI is InChI=1S/C22H24N4O4S2/c27-21(17-8-7-14-26(16-17)32(28,29)19-11-5-2-6-12-19)23-22-25-24-20(30-22)13-15-31-18-9-3-1-4-10-18/h1-6,9-12,17H,7-8,13-16H2,(H,23,25,27). The third-order valence-corrected chi connectivity index (χ3v) is 8.05. The number of carbonyl (C=O) groups is 1. The molecule has 0 bridgehead atoms. The van der Waals surface area contributed by atoms with Crippen LogP contribution in [-0.2, 0) is 21.2 Å². The molecule has 10 heteroatoms. The van der Waals surface area contributed by atoms with E-state index in [9.17, 15) is 13.2 Å². The Morgan fingerprint density at radius 1 is 1.09 bits per heavy atom. The van der Waals surface area contributed by atoms with Crippen LogP contribution in [-0.4, -0.2) is 47.7 Å². The number of benzene rings is 2. The van der Waals surface area contributed by atoms with Gasteiger partial charge in [0.05, 0.1) is 10.8 Å². The van der Waals surface area contributed by atoms with Crippen molar-refractivity contribution in [2.24, 2.45) is 5.92 Å². The van der Waals surface area contributed by atoms with Gasteiger partial charge in [-0.25, -0.2) is 8.42 Å². The molecule has 0 saturated carbocycles. The highest BCUT2D eigenvalue weighted by atomic mass is 32.2. The number of amides is 1. The van der Waals surface area contributed by atoms with Crippen molar-refractivity contribution >= 4 is 33.7 Å². The maximum atomic E-state index is 12.9. The Hall–Kier alpha value is -2.69. The van der Waals surface area contributed by atoms with Gasteiger partial charge in [0.25, 0.3) is 0 Å². The van der Waals surface area contributed by atoms with Gasteiger partial charge >= 0.3 is 6.01 Å². The molecule has 1 N–H and O–H groups in total. The molecule has 1 aromatic heterocycles. The lowest BCUT2D eigenvalue weighted by molar-refractivity contribution is -0.121. The van der Waals surface area contributed by atoms with Gasteiger partial charge in [0.1, 0.15) is 0 Å². The average molecular weight is 473 g/mol. The number of thioether (sulfide) groups is 1. The molecular formula is C22H24N4O4S2. The Morgan fingerprint density at radius 3 is 2.56 bits per heavy atom. The minimum Gasteiger partial charge on any atom is -0.408 e. The monoisotopic (exact) mass is 472 g/mol. The molecule has 1 amide bonds.